The lowest BCUT2D eigenvalue weighted by Crippen LogP contribution is -2.14. The van der Waals surface area contributed by atoms with Crippen LogP contribution >= 0.6 is 0 Å². The van der Waals surface area contributed by atoms with Crippen LogP contribution in [0.3, 0.4) is 0 Å². The molecule has 0 radical (unpaired) electrons. The van der Waals surface area contributed by atoms with E-state index in [0.717, 1.165) is 22.3 Å². The average Bonchev–Trinajstić information content (AvgIpc) is 2.75. The fourth-order valence-electron chi connectivity index (χ4n) is 2.40. The van der Waals surface area contributed by atoms with Crippen LogP contribution in [0.5, 0.6) is 5.75 Å². The molecule has 0 fully saturated rings. The molecule has 19 heavy (non-hydrogen) atoms. The topological polar surface area (TPSA) is 51.5 Å². The van der Waals surface area contributed by atoms with Crippen LogP contribution in [0.25, 0.3) is 10.9 Å². The molecule has 0 aliphatic carbocycles. The maximum atomic E-state index is 11.2. The maximum Gasteiger partial charge on any atom is 0.312 e. The van der Waals surface area contributed by atoms with Gasteiger partial charge in [0, 0.05) is 22.6 Å². The van der Waals surface area contributed by atoms with E-state index in [2.05, 4.69) is 18.4 Å². The number of carboxylic acid groups (broad SMARTS) is 1. The highest BCUT2D eigenvalue weighted by Gasteiger charge is 2.21. The van der Waals surface area contributed by atoms with Gasteiger partial charge in [-0.3, -0.25) is 4.79 Å². The molecule has 0 saturated heterocycles. The second-order valence-electron chi connectivity index (χ2n) is 5.02. The summed E-state index contributed by atoms with van der Waals surface area (Å²) < 4.78 is 7.29. The number of carbonyl (C=O) groups is 1. The summed E-state index contributed by atoms with van der Waals surface area (Å²) in [6.45, 7) is 5.83. The van der Waals surface area contributed by atoms with Gasteiger partial charge in [0.1, 0.15) is 5.75 Å². The number of methoxy groups -OCH3 is 1. The van der Waals surface area contributed by atoms with Crippen molar-refractivity contribution >= 4 is 16.9 Å². The molecule has 0 bridgehead atoms. The number of hydrogen-bond acceptors (Lipinski definition) is 2. The summed E-state index contributed by atoms with van der Waals surface area (Å²) in [5.41, 5.74) is 1.87. The minimum atomic E-state index is -0.809. The molecule has 0 saturated carbocycles. The molecule has 1 aromatic heterocycles. The molecule has 0 aliphatic rings. The van der Waals surface area contributed by atoms with Crippen molar-refractivity contribution < 1.29 is 14.6 Å². The van der Waals surface area contributed by atoms with Crippen molar-refractivity contribution in [3.05, 3.63) is 30.0 Å². The molecule has 0 aliphatic heterocycles. The highest BCUT2D eigenvalue weighted by molar-refractivity contribution is 5.86. The van der Waals surface area contributed by atoms with Crippen LogP contribution in [0.1, 0.15) is 38.4 Å². The third kappa shape index (κ3) is 2.30. The summed E-state index contributed by atoms with van der Waals surface area (Å²) in [6.07, 6.45) is 0. The van der Waals surface area contributed by atoms with Gasteiger partial charge >= 0.3 is 5.97 Å². The van der Waals surface area contributed by atoms with Gasteiger partial charge in [0.25, 0.3) is 0 Å². The zero-order valence-electron chi connectivity index (χ0n) is 11.7. The number of fused-ring (bicyclic) bond motifs is 1. The Bertz CT molecular complexity index is 613. The molecule has 1 aromatic carbocycles. The number of aromatic nitrogens is 1. The third-order valence-corrected chi connectivity index (χ3v) is 3.41. The van der Waals surface area contributed by atoms with Gasteiger partial charge in [0.15, 0.2) is 0 Å². The van der Waals surface area contributed by atoms with E-state index in [9.17, 15) is 9.90 Å². The Kier molecular flexibility index (Phi) is 3.51. The normalized spacial score (nSPS) is 12.9. The lowest BCUT2D eigenvalue weighted by molar-refractivity contribution is -0.138. The lowest BCUT2D eigenvalue weighted by atomic mass is 10.1. The fourth-order valence-corrected chi connectivity index (χ4v) is 2.40. The van der Waals surface area contributed by atoms with Crippen molar-refractivity contribution in [2.45, 2.75) is 32.7 Å². The molecule has 1 unspecified atom stereocenters. The monoisotopic (exact) mass is 261 g/mol. The first-order valence-electron chi connectivity index (χ1n) is 6.37. The fraction of sp³-hybridized carbons (Fsp3) is 0.400. The van der Waals surface area contributed by atoms with Crippen LogP contribution in [-0.2, 0) is 4.79 Å². The first-order chi connectivity index (χ1) is 8.95. The Morgan fingerprint density at radius 2 is 1.95 bits per heavy atom. The quantitative estimate of drug-likeness (QED) is 0.917. The summed E-state index contributed by atoms with van der Waals surface area (Å²) >= 11 is 0. The minimum absolute atomic E-state index is 0.211. The van der Waals surface area contributed by atoms with Crippen molar-refractivity contribution in [3.63, 3.8) is 0 Å². The number of aliphatic carboxylic acids is 1. The van der Waals surface area contributed by atoms with Gasteiger partial charge in [-0.05, 0) is 45.0 Å². The van der Waals surface area contributed by atoms with Gasteiger partial charge in [0.2, 0.25) is 0 Å². The van der Waals surface area contributed by atoms with Crippen molar-refractivity contribution in [2.24, 2.45) is 0 Å². The predicted molar refractivity (Wildman–Crippen MR) is 74.9 cm³/mol. The van der Waals surface area contributed by atoms with Crippen molar-refractivity contribution in [3.8, 4) is 5.75 Å². The molecule has 102 valence electrons. The molecular weight excluding hydrogens is 242 g/mol. The maximum absolute atomic E-state index is 11.2. The summed E-state index contributed by atoms with van der Waals surface area (Å²) in [6, 6.07) is 7.97. The van der Waals surface area contributed by atoms with E-state index in [1.807, 2.05) is 24.3 Å². The molecule has 2 rings (SSSR count). The van der Waals surface area contributed by atoms with Gasteiger partial charge in [-0.15, -0.1) is 0 Å². The van der Waals surface area contributed by atoms with Gasteiger partial charge in [-0.2, -0.15) is 0 Å². The molecule has 1 N–H and O–H groups in total. The van der Waals surface area contributed by atoms with Gasteiger partial charge in [-0.1, -0.05) is 0 Å². The summed E-state index contributed by atoms with van der Waals surface area (Å²) in [4.78, 5) is 11.2. The lowest BCUT2D eigenvalue weighted by Gasteiger charge is -2.17. The van der Waals surface area contributed by atoms with Crippen LogP contribution in [-0.4, -0.2) is 22.8 Å². The highest BCUT2D eigenvalue weighted by atomic mass is 16.5. The molecule has 1 atom stereocenters. The molecule has 0 amide bonds. The Hall–Kier alpha value is -1.97. The predicted octanol–water partition coefficient (Wildman–Crippen LogP) is 3.42. The van der Waals surface area contributed by atoms with Crippen molar-refractivity contribution in [2.75, 3.05) is 7.11 Å². The van der Waals surface area contributed by atoms with Crippen LogP contribution in [0.2, 0.25) is 0 Å². The largest absolute Gasteiger partial charge is 0.497 e. The second-order valence-corrected chi connectivity index (χ2v) is 5.02. The van der Waals surface area contributed by atoms with E-state index in [-0.39, 0.29) is 6.04 Å². The Morgan fingerprint density at radius 3 is 2.47 bits per heavy atom. The summed E-state index contributed by atoms with van der Waals surface area (Å²) in [7, 11) is 1.63. The van der Waals surface area contributed by atoms with Crippen LogP contribution in [0.4, 0.5) is 0 Å². The SMILES string of the molecule is COc1ccc2c(c1)cc(C(C)C(=O)O)n2C(C)C. The first kappa shape index (κ1) is 13.5. The zero-order chi connectivity index (χ0) is 14.2. The molecule has 4 nitrogen and oxygen atoms in total. The van der Waals surface area contributed by atoms with Crippen molar-refractivity contribution in [1.29, 1.82) is 0 Å². The minimum Gasteiger partial charge on any atom is -0.497 e. The van der Waals surface area contributed by atoms with E-state index in [1.54, 1.807) is 14.0 Å². The van der Waals surface area contributed by atoms with Crippen LogP contribution < -0.4 is 4.74 Å². The summed E-state index contributed by atoms with van der Waals surface area (Å²) in [5, 5.41) is 10.2. The van der Waals surface area contributed by atoms with Crippen LogP contribution in [0, 0.1) is 0 Å². The van der Waals surface area contributed by atoms with Crippen molar-refractivity contribution in [1.82, 2.24) is 4.57 Å². The van der Waals surface area contributed by atoms with E-state index in [4.69, 9.17) is 4.74 Å². The molecule has 4 heteroatoms. The number of rotatable bonds is 4. The summed E-state index contributed by atoms with van der Waals surface area (Å²) in [5.74, 6) is -0.555. The highest BCUT2D eigenvalue weighted by Crippen LogP contribution is 2.31. The Morgan fingerprint density at radius 1 is 1.26 bits per heavy atom. The second kappa shape index (κ2) is 4.96. The zero-order valence-corrected chi connectivity index (χ0v) is 11.7. The number of ether oxygens (including phenoxy) is 1. The van der Waals surface area contributed by atoms with Gasteiger partial charge < -0.3 is 14.4 Å². The van der Waals surface area contributed by atoms with Gasteiger partial charge in [0.05, 0.1) is 13.0 Å². The smallest absolute Gasteiger partial charge is 0.312 e. The average molecular weight is 261 g/mol. The van der Waals surface area contributed by atoms with Gasteiger partial charge in [-0.25, -0.2) is 0 Å². The van der Waals surface area contributed by atoms with E-state index in [1.165, 1.54) is 0 Å². The molecular formula is C15H19NO3. The number of carboxylic acids is 1. The third-order valence-electron chi connectivity index (χ3n) is 3.41. The van der Waals surface area contributed by atoms with E-state index >= 15 is 0 Å². The Labute approximate surface area is 112 Å². The number of benzene rings is 1. The molecule has 1 heterocycles. The van der Waals surface area contributed by atoms with E-state index < -0.39 is 11.9 Å². The van der Waals surface area contributed by atoms with E-state index in [0.29, 0.717) is 0 Å². The first-order valence-corrected chi connectivity index (χ1v) is 6.37. The number of nitrogens with zero attached hydrogens (tertiary/aromatic N) is 1. The standard InChI is InChI=1S/C15H19NO3/c1-9(2)16-13-6-5-12(19-4)7-11(13)8-14(16)10(3)15(17)18/h5-10H,1-4H3,(H,17,18). The number of hydrogen-bond donors (Lipinski definition) is 1. The molecule has 2 aromatic rings. The van der Waals surface area contributed by atoms with Crippen LogP contribution in [0.15, 0.2) is 24.3 Å². The molecule has 0 spiro atoms. The Balaban J connectivity index is 2.69.